The third-order valence-corrected chi connectivity index (χ3v) is 6.63. The molecule has 2 aromatic heterocycles. The quantitative estimate of drug-likeness (QED) is 0.252. The Morgan fingerprint density at radius 1 is 0.472 bits per heavy atom. The second-order valence-electron chi connectivity index (χ2n) is 8.68. The van der Waals surface area contributed by atoms with Crippen LogP contribution in [0.5, 0.6) is 0 Å². The van der Waals surface area contributed by atoms with Gasteiger partial charge in [0.15, 0.2) is 17.5 Å². The first-order chi connectivity index (χ1) is 17.7. The Morgan fingerprint density at radius 2 is 1.06 bits per heavy atom. The monoisotopic (exact) mass is 483 g/mol. The maximum absolute atomic E-state index is 6.13. The predicted octanol–water partition coefficient (Wildman–Crippen LogP) is 8.58. The number of hydrogen-bond acceptors (Lipinski definition) is 4. The molecule has 0 unspecified atom stereocenters. The zero-order valence-electron chi connectivity index (χ0n) is 19.0. The zero-order valence-corrected chi connectivity index (χ0v) is 19.8. The highest BCUT2D eigenvalue weighted by Crippen LogP contribution is 2.33. The lowest BCUT2D eigenvalue weighted by Crippen LogP contribution is -2.00. The van der Waals surface area contributed by atoms with Crippen LogP contribution in [0.1, 0.15) is 0 Å². The summed E-state index contributed by atoms with van der Waals surface area (Å²) in [6.45, 7) is 0. The Bertz CT molecular complexity index is 1910. The average Bonchev–Trinajstić information content (AvgIpc) is 3.31. The van der Waals surface area contributed by atoms with Gasteiger partial charge in [-0.1, -0.05) is 72.3 Å². The number of halogens is 1. The van der Waals surface area contributed by atoms with E-state index in [9.17, 15) is 0 Å². The molecule has 7 aromatic rings. The maximum Gasteiger partial charge on any atom is 0.164 e. The predicted molar refractivity (Wildman–Crippen MR) is 146 cm³/mol. The average molecular weight is 484 g/mol. The van der Waals surface area contributed by atoms with Gasteiger partial charge in [-0.05, 0) is 59.3 Å². The minimum Gasteiger partial charge on any atom is -0.456 e. The van der Waals surface area contributed by atoms with Crippen LogP contribution in [0, 0.1) is 0 Å². The second kappa shape index (κ2) is 8.29. The van der Waals surface area contributed by atoms with Gasteiger partial charge in [0, 0.05) is 32.5 Å². The number of benzene rings is 5. The highest BCUT2D eigenvalue weighted by molar-refractivity contribution is 6.30. The molecule has 0 amide bonds. The minimum atomic E-state index is 0.584. The van der Waals surface area contributed by atoms with Gasteiger partial charge in [-0.3, -0.25) is 0 Å². The van der Waals surface area contributed by atoms with Gasteiger partial charge in [-0.2, -0.15) is 0 Å². The molecule has 170 valence electrons. The topological polar surface area (TPSA) is 51.8 Å². The van der Waals surface area contributed by atoms with Crippen LogP contribution in [0.3, 0.4) is 0 Å². The lowest BCUT2D eigenvalue weighted by atomic mass is 10.1. The first kappa shape index (κ1) is 20.8. The maximum atomic E-state index is 6.13. The number of aromatic nitrogens is 3. The van der Waals surface area contributed by atoms with E-state index in [1.54, 1.807) is 0 Å². The molecule has 36 heavy (non-hydrogen) atoms. The molecule has 4 nitrogen and oxygen atoms in total. The minimum absolute atomic E-state index is 0.584. The van der Waals surface area contributed by atoms with Crippen molar-refractivity contribution in [1.82, 2.24) is 15.0 Å². The summed E-state index contributed by atoms with van der Waals surface area (Å²) in [6, 6.07) is 36.2. The number of hydrogen-bond donors (Lipinski definition) is 0. The van der Waals surface area contributed by atoms with E-state index in [1.165, 1.54) is 5.39 Å². The van der Waals surface area contributed by atoms with Crippen molar-refractivity contribution in [2.75, 3.05) is 0 Å². The Morgan fingerprint density at radius 3 is 1.86 bits per heavy atom. The van der Waals surface area contributed by atoms with Crippen LogP contribution >= 0.6 is 11.6 Å². The molecule has 0 N–H and O–H groups in total. The molecule has 5 aromatic carbocycles. The molecule has 0 saturated carbocycles. The summed E-state index contributed by atoms with van der Waals surface area (Å²) in [5.41, 5.74) is 4.32. The SMILES string of the molecule is Clc1ccc(-c2nc(-c3ccc4ccccc4c3)nc(-c3ccc4c(c3)oc3ccccc34)n2)cc1. The van der Waals surface area contributed by atoms with Crippen LogP contribution in [-0.4, -0.2) is 15.0 Å². The van der Waals surface area contributed by atoms with Gasteiger partial charge in [-0.25, -0.2) is 15.0 Å². The van der Waals surface area contributed by atoms with Crippen molar-refractivity contribution in [3.8, 4) is 34.2 Å². The molecule has 0 aliphatic heterocycles. The largest absolute Gasteiger partial charge is 0.456 e. The number of nitrogens with zero attached hydrogens (tertiary/aromatic N) is 3. The van der Waals surface area contributed by atoms with E-state index in [0.29, 0.717) is 22.5 Å². The smallest absolute Gasteiger partial charge is 0.164 e. The summed E-state index contributed by atoms with van der Waals surface area (Å²) in [5, 5.41) is 5.13. The van der Waals surface area contributed by atoms with E-state index in [4.69, 9.17) is 31.0 Å². The number of para-hydroxylation sites is 1. The molecular formula is C31H18ClN3O. The van der Waals surface area contributed by atoms with Crippen molar-refractivity contribution in [3.05, 3.63) is 114 Å². The highest BCUT2D eigenvalue weighted by Gasteiger charge is 2.15. The normalized spacial score (nSPS) is 11.5. The molecule has 0 fully saturated rings. The summed E-state index contributed by atoms with van der Waals surface area (Å²) in [4.78, 5) is 14.6. The van der Waals surface area contributed by atoms with E-state index in [0.717, 1.165) is 44.0 Å². The molecule has 0 atom stereocenters. The summed E-state index contributed by atoms with van der Waals surface area (Å²) < 4.78 is 6.12. The molecule has 0 saturated heterocycles. The first-order valence-corrected chi connectivity index (χ1v) is 12.0. The van der Waals surface area contributed by atoms with Gasteiger partial charge in [-0.15, -0.1) is 0 Å². The summed E-state index contributed by atoms with van der Waals surface area (Å²) >= 11 is 6.13. The van der Waals surface area contributed by atoms with Crippen LogP contribution in [0.4, 0.5) is 0 Å². The lowest BCUT2D eigenvalue weighted by Gasteiger charge is -2.09. The summed E-state index contributed by atoms with van der Waals surface area (Å²) in [7, 11) is 0. The Labute approximate surface area is 211 Å². The van der Waals surface area contributed by atoms with Crippen LogP contribution in [-0.2, 0) is 0 Å². The zero-order chi connectivity index (χ0) is 24.1. The molecule has 0 aliphatic rings. The molecule has 0 aliphatic carbocycles. The Kier molecular flexibility index (Phi) is 4.79. The molecule has 2 heterocycles. The van der Waals surface area contributed by atoms with Crippen LogP contribution in [0.25, 0.3) is 66.9 Å². The van der Waals surface area contributed by atoms with Crippen LogP contribution in [0.15, 0.2) is 114 Å². The number of rotatable bonds is 3. The van der Waals surface area contributed by atoms with Crippen LogP contribution in [0.2, 0.25) is 5.02 Å². The molecule has 7 rings (SSSR count). The van der Waals surface area contributed by atoms with Crippen molar-refractivity contribution < 1.29 is 4.42 Å². The standard InChI is InChI=1S/C31H18ClN3O/c32-24-14-11-20(12-15-24)29-33-30(22-10-9-19-5-1-2-6-21(19)17-22)35-31(34-29)23-13-16-26-25-7-3-4-8-27(25)36-28(26)18-23/h1-18H. The van der Waals surface area contributed by atoms with Crippen molar-refractivity contribution >= 4 is 44.3 Å². The van der Waals surface area contributed by atoms with Gasteiger partial charge in [0.25, 0.3) is 0 Å². The van der Waals surface area contributed by atoms with E-state index >= 15 is 0 Å². The van der Waals surface area contributed by atoms with Crippen LogP contribution < -0.4 is 0 Å². The van der Waals surface area contributed by atoms with Gasteiger partial charge in [0.05, 0.1) is 0 Å². The summed E-state index contributed by atoms with van der Waals surface area (Å²) in [5.74, 6) is 1.78. The van der Waals surface area contributed by atoms with Gasteiger partial charge in [0.1, 0.15) is 11.2 Å². The lowest BCUT2D eigenvalue weighted by molar-refractivity contribution is 0.669. The molecule has 0 radical (unpaired) electrons. The van der Waals surface area contributed by atoms with E-state index in [2.05, 4.69) is 42.5 Å². The van der Waals surface area contributed by atoms with E-state index < -0.39 is 0 Å². The fraction of sp³-hybridized carbons (Fsp3) is 0. The third kappa shape index (κ3) is 3.60. The molecule has 0 spiro atoms. The molecule has 0 bridgehead atoms. The van der Waals surface area contributed by atoms with Gasteiger partial charge < -0.3 is 4.42 Å². The number of fused-ring (bicyclic) bond motifs is 4. The fourth-order valence-corrected chi connectivity index (χ4v) is 4.68. The first-order valence-electron chi connectivity index (χ1n) is 11.6. The van der Waals surface area contributed by atoms with Gasteiger partial charge >= 0.3 is 0 Å². The fourth-order valence-electron chi connectivity index (χ4n) is 4.56. The number of furan rings is 1. The van der Waals surface area contributed by atoms with E-state index in [-0.39, 0.29) is 0 Å². The van der Waals surface area contributed by atoms with E-state index in [1.807, 2.05) is 66.7 Å². The summed E-state index contributed by atoms with van der Waals surface area (Å²) in [6.07, 6.45) is 0. The second-order valence-corrected chi connectivity index (χ2v) is 9.12. The van der Waals surface area contributed by atoms with Gasteiger partial charge in [0.2, 0.25) is 0 Å². The van der Waals surface area contributed by atoms with Crippen molar-refractivity contribution in [1.29, 1.82) is 0 Å². The molecular weight excluding hydrogens is 466 g/mol. The highest BCUT2D eigenvalue weighted by atomic mass is 35.5. The molecule has 5 heteroatoms. The van der Waals surface area contributed by atoms with Crippen molar-refractivity contribution in [2.45, 2.75) is 0 Å². The Hall–Kier alpha value is -4.54. The third-order valence-electron chi connectivity index (χ3n) is 6.38. The Balaban J connectivity index is 1.43. The van der Waals surface area contributed by atoms with Crippen molar-refractivity contribution in [2.24, 2.45) is 0 Å². The van der Waals surface area contributed by atoms with Crippen molar-refractivity contribution in [3.63, 3.8) is 0 Å².